The van der Waals surface area contributed by atoms with Crippen LogP contribution in [0, 0.1) is 6.92 Å². The van der Waals surface area contributed by atoms with Gasteiger partial charge in [0, 0.05) is 10.5 Å². The molecule has 7 heteroatoms. The van der Waals surface area contributed by atoms with Gasteiger partial charge in [-0.15, -0.1) is 11.8 Å². The van der Waals surface area contributed by atoms with Crippen molar-refractivity contribution in [2.75, 3.05) is 7.11 Å². The largest absolute Gasteiger partial charge is 0.497 e. The SMILES string of the molecule is COc1cccc(-c2noc(CNC(=O)C(C)Sc3ccc(C)cc3)n2)c1. The van der Waals surface area contributed by atoms with Crippen molar-refractivity contribution >= 4 is 17.7 Å². The fourth-order valence-electron chi connectivity index (χ4n) is 2.39. The highest BCUT2D eigenvalue weighted by molar-refractivity contribution is 8.00. The van der Waals surface area contributed by atoms with Gasteiger partial charge in [0.1, 0.15) is 5.75 Å². The number of nitrogens with zero attached hydrogens (tertiary/aromatic N) is 2. The van der Waals surface area contributed by atoms with Gasteiger partial charge in [0.05, 0.1) is 18.9 Å². The summed E-state index contributed by atoms with van der Waals surface area (Å²) in [4.78, 5) is 17.7. The molecule has 0 radical (unpaired) electrons. The van der Waals surface area contributed by atoms with Crippen LogP contribution in [0.5, 0.6) is 5.75 Å². The maximum atomic E-state index is 12.3. The molecule has 1 unspecified atom stereocenters. The van der Waals surface area contributed by atoms with E-state index in [9.17, 15) is 4.79 Å². The fourth-order valence-corrected chi connectivity index (χ4v) is 3.28. The molecule has 27 heavy (non-hydrogen) atoms. The average Bonchev–Trinajstić information content (AvgIpc) is 3.17. The van der Waals surface area contributed by atoms with Crippen LogP contribution in [-0.2, 0) is 11.3 Å². The predicted octanol–water partition coefficient (Wildman–Crippen LogP) is 3.85. The quantitative estimate of drug-likeness (QED) is 0.625. The lowest BCUT2D eigenvalue weighted by atomic mass is 10.2. The van der Waals surface area contributed by atoms with E-state index in [0.717, 1.165) is 10.5 Å². The molecule has 1 heterocycles. The van der Waals surface area contributed by atoms with Crippen molar-refractivity contribution in [3.05, 3.63) is 60.0 Å². The summed E-state index contributed by atoms with van der Waals surface area (Å²) < 4.78 is 10.4. The minimum atomic E-state index is -0.228. The Morgan fingerprint density at radius 1 is 1.26 bits per heavy atom. The zero-order valence-corrected chi connectivity index (χ0v) is 16.2. The molecule has 0 fully saturated rings. The van der Waals surface area contributed by atoms with Crippen molar-refractivity contribution in [1.82, 2.24) is 15.5 Å². The maximum absolute atomic E-state index is 12.3. The van der Waals surface area contributed by atoms with E-state index in [0.29, 0.717) is 17.5 Å². The number of aromatic nitrogens is 2. The topological polar surface area (TPSA) is 77.3 Å². The summed E-state index contributed by atoms with van der Waals surface area (Å²) >= 11 is 1.51. The highest BCUT2D eigenvalue weighted by Crippen LogP contribution is 2.24. The van der Waals surface area contributed by atoms with Gasteiger partial charge in [-0.2, -0.15) is 4.98 Å². The van der Waals surface area contributed by atoms with Crippen molar-refractivity contribution in [2.45, 2.75) is 30.5 Å². The number of hydrogen-bond acceptors (Lipinski definition) is 6. The molecule has 0 saturated heterocycles. The summed E-state index contributed by atoms with van der Waals surface area (Å²) in [6, 6.07) is 15.5. The van der Waals surface area contributed by atoms with Crippen LogP contribution >= 0.6 is 11.8 Å². The third-order valence-electron chi connectivity index (χ3n) is 3.91. The highest BCUT2D eigenvalue weighted by atomic mass is 32.2. The Hall–Kier alpha value is -2.80. The second-order valence-electron chi connectivity index (χ2n) is 6.03. The number of amides is 1. The van der Waals surface area contributed by atoms with E-state index in [1.165, 1.54) is 17.3 Å². The number of nitrogens with one attached hydrogen (secondary N) is 1. The van der Waals surface area contributed by atoms with Crippen LogP contribution in [0.25, 0.3) is 11.4 Å². The molecule has 2 aromatic carbocycles. The van der Waals surface area contributed by atoms with E-state index in [-0.39, 0.29) is 17.7 Å². The van der Waals surface area contributed by atoms with Crippen LogP contribution in [0.1, 0.15) is 18.4 Å². The summed E-state index contributed by atoms with van der Waals surface area (Å²) in [5.41, 5.74) is 1.98. The smallest absolute Gasteiger partial charge is 0.246 e. The summed E-state index contributed by atoms with van der Waals surface area (Å²) in [5, 5.41) is 6.57. The Balaban J connectivity index is 1.55. The maximum Gasteiger partial charge on any atom is 0.246 e. The van der Waals surface area contributed by atoms with Gasteiger partial charge in [-0.3, -0.25) is 4.79 Å². The minimum Gasteiger partial charge on any atom is -0.497 e. The number of ether oxygens (including phenoxy) is 1. The summed E-state index contributed by atoms with van der Waals surface area (Å²) in [5.74, 6) is 1.45. The number of aryl methyl sites for hydroxylation is 1. The van der Waals surface area contributed by atoms with Crippen molar-refractivity contribution in [3.63, 3.8) is 0 Å². The van der Waals surface area contributed by atoms with E-state index in [1.54, 1.807) is 7.11 Å². The molecular weight excluding hydrogens is 362 g/mol. The number of carbonyl (C=O) groups is 1. The van der Waals surface area contributed by atoms with E-state index in [4.69, 9.17) is 9.26 Å². The van der Waals surface area contributed by atoms with E-state index in [2.05, 4.69) is 15.5 Å². The molecule has 0 aliphatic heterocycles. The first-order chi connectivity index (χ1) is 13.0. The van der Waals surface area contributed by atoms with Crippen molar-refractivity contribution in [3.8, 4) is 17.1 Å². The highest BCUT2D eigenvalue weighted by Gasteiger charge is 2.16. The van der Waals surface area contributed by atoms with E-state index in [1.807, 2.05) is 62.4 Å². The summed E-state index contributed by atoms with van der Waals surface area (Å²) in [6.07, 6.45) is 0. The number of thioether (sulfide) groups is 1. The molecule has 140 valence electrons. The fraction of sp³-hybridized carbons (Fsp3) is 0.250. The normalized spacial score (nSPS) is 11.8. The zero-order chi connectivity index (χ0) is 19.2. The van der Waals surface area contributed by atoms with E-state index >= 15 is 0 Å². The molecule has 1 atom stereocenters. The number of rotatable bonds is 7. The molecular formula is C20H21N3O3S. The first-order valence-corrected chi connectivity index (χ1v) is 9.41. The van der Waals surface area contributed by atoms with Crippen molar-refractivity contribution in [2.24, 2.45) is 0 Å². The third-order valence-corrected chi connectivity index (χ3v) is 5.02. The first kappa shape index (κ1) is 19.0. The molecule has 0 spiro atoms. The monoisotopic (exact) mass is 383 g/mol. The lowest BCUT2D eigenvalue weighted by Gasteiger charge is -2.10. The van der Waals surface area contributed by atoms with Crippen molar-refractivity contribution < 1.29 is 14.1 Å². The van der Waals surface area contributed by atoms with Crippen molar-refractivity contribution in [1.29, 1.82) is 0 Å². The Morgan fingerprint density at radius 3 is 2.78 bits per heavy atom. The molecule has 3 rings (SSSR count). The number of benzene rings is 2. The molecule has 0 bridgehead atoms. The van der Waals surface area contributed by atoms with Gasteiger partial charge >= 0.3 is 0 Å². The lowest BCUT2D eigenvalue weighted by Crippen LogP contribution is -2.30. The Kier molecular flexibility index (Phi) is 6.13. The second kappa shape index (κ2) is 8.73. The Labute approximate surface area is 162 Å². The van der Waals surface area contributed by atoms with Crippen LogP contribution in [-0.4, -0.2) is 28.4 Å². The van der Waals surface area contributed by atoms with Crippen LogP contribution < -0.4 is 10.1 Å². The molecule has 1 aromatic heterocycles. The molecule has 1 amide bonds. The zero-order valence-electron chi connectivity index (χ0n) is 15.4. The number of methoxy groups -OCH3 is 1. The molecule has 3 aromatic rings. The van der Waals surface area contributed by atoms with Gasteiger partial charge in [-0.25, -0.2) is 0 Å². The summed E-state index contributed by atoms with van der Waals surface area (Å²) in [7, 11) is 1.60. The van der Waals surface area contributed by atoms with Crippen LogP contribution in [0.2, 0.25) is 0 Å². The van der Waals surface area contributed by atoms with Crippen LogP contribution in [0.15, 0.2) is 57.9 Å². The van der Waals surface area contributed by atoms with Gasteiger partial charge in [0.15, 0.2) is 0 Å². The van der Waals surface area contributed by atoms with Crippen LogP contribution in [0.4, 0.5) is 0 Å². The Morgan fingerprint density at radius 2 is 2.04 bits per heavy atom. The third kappa shape index (κ3) is 5.10. The number of hydrogen-bond donors (Lipinski definition) is 1. The molecule has 0 aliphatic rings. The average molecular weight is 383 g/mol. The van der Waals surface area contributed by atoms with Crippen LogP contribution in [0.3, 0.4) is 0 Å². The molecule has 0 saturated carbocycles. The van der Waals surface area contributed by atoms with Gasteiger partial charge in [-0.05, 0) is 38.1 Å². The first-order valence-electron chi connectivity index (χ1n) is 8.53. The van der Waals surface area contributed by atoms with Gasteiger partial charge in [0.25, 0.3) is 0 Å². The van der Waals surface area contributed by atoms with Gasteiger partial charge in [-0.1, -0.05) is 35.0 Å². The van der Waals surface area contributed by atoms with Gasteiger partial charge in [0.2, 0.25) is 17.6 Å². The molecule has 1 N–H and O–H groups in total. The Bertz CT molecular complexity index is 909. The standard InChI is InChI=1S/C20H21N3O3S/c1-13-7-9-17(10-8-13)27-14(2)20(24)21-12-18-22-19(23-26-18)15-5-4-6-16(11-15)25-3/h4-11,14H,12H2,1-3H3,(H,21,24). The number of carbonyl (C=O) groups excluding carboxylic acids is 1. The minimum absolute atomic E-state index is 0.0818. The predicted molar refractivity (Wildman–Crippen MR) is 105 cm³/mol. The molecule has 0 aliphatic carbocycles. The second-order valence-corrected chi connectivity index (χ2v) is 7.45. The summed E-state index contributed by atoms with van der Waals surface area (Å²) in [6.45, 7) is 4.10. The molecule has 6 nitrogen and oxygen atoms in total. The van der Waals surface area contributed by atoms with Gasteiger partial charge < -0.3 is 14.6 Å². The van der Waals surface area contributed by atoms with E-state index < -0.39 is 0 Å². The lowest BCUT2D eigenvalue weighted by molar-refractivity contribution is -0.120.